The second-order valence-electron chi connectivity index (χ2n) is 5.18. The van der Waals surface area contributed by atoms with E-state index in [-0.39, 0.29) is 30.0 Å². The monoisotopic (exact) mass is 221 g/mol. The van der Waals surface area contributed by atoms with Crippen LogP contribution < -0.4 is 0 Å². The smallest absolute Gasteiger partial charge is 0.403 e. The first-order valence-electron chi connectivity index (χ1n) is 5.44. The van der Waals surface area contributed by atoms with Crippen LogP contribution in [0.25, 0.3) is 0 Å². The summed E-state index contributed by atoms with van der Waals surface area (Å²) < 4.78 is 11.7. The lowest BCUT2D eigenvalue weighted by Gasteiger charge is -2.32. The molecule has 0 aromatic heterocycles. The molecule has 5 heteroatoms. The molecule has 1 saturated heterocycles. The summed E-state index contributed by atoms with van der Waals surface area (Å²) in [4.78, 5) is 14.7. The molecule has 2 rings (SSSR count). The lowest BCUT2D eigenvalue weighted by Crippen LogP contribution is -2.41. The molecule has 86 valence electrons. The normalized spacial score (nSPS) is 31.1. The average Bonchev–Trinajstić information content (AvgIpc) is 2.37. The van der Waals surface area contributed by atoms with Crippen LogP contribution in [0.1, 0.15) is 27.7 Å². The molecule has 2 aliphatic rings. The van der Waals surface area contributed by atoms with Crippen LogP contribution in [0.2, 0.25) is 5.82 Å². The number of carbonyl (C=O) groups excluding carboxylic acids is 1. The third kappa shape index (κ3) is 1.85. The number of aliphatic imine (C=N–C) groups is 1. The maximum atomic E-state index is 10.9. The molecule has 0 spiro atoms. The van der Waals surface area contributed by atoms with Crippen molar-refractivity contribution in [2.45, 2.75) is 44.7 Å². The molecule has 0 saturated carbocycles. The summed E-state index contributed by atoms with van der Waals surface area (Å²) in [7, 11) is -0.363. The quantitative estimate of drug-likeness (QED) is 0.632. The van der Waals surface area contributed by atoms with Crippen LogP contribution in [0.4, 0.5) is 0 Å². The zero-order valence-electron chi connectivity index (χ0n) is 10.1. The summed E-state index contributed by atoms with van der Waals surface area (Å²) in [5.41, 5.74) is -0.693. The second-order valence-corrected chi connectivity index (χ2v) is 5.18. The largest absolute Gasteiger partial charge is 0.470 e. The highest BCUT2D eigenvalue weighted by Gasteiger charge is 2.53. The first-order chi connectivity index (χ1) is 7.32. The van der Waals surface area contributed by atoms with E-state index < -0.39 is 0 Å². The van der Waals surface area contributed by atoms with E-state index in [1.54, 1.807) is 12.3 Å². The fraction of sp³-hybridized carbons (Fsp3) is 0.636. The number of rotatable bonds is 1. The van der Waals surface area contributed by atoms with Gasteiger partial charge >= 0.3 is 7.12 Å². The summed E-state index contributed by atoms with van der Waals surface area (Å²) in [6.45, 7) is 8.01. The average molecular weight is 221 g/mol. The lowest BCUT2D eigenvalue weighted by molar-refractivity contribution is -0.113. The molecule has 2 heterocycles. The van der Waals surface area contributed by atoms with E-state index in [9.17, 15) is 4.79 Å². The van der Waals surface area contributed by atoms with Crippen molar-refractivity contribution in [1.29, 1.82) is 0 Å². The summed E-state index contributed by atoms with van der Waals surface area (Å²) >= 11 is 0. The van der Waals surface area contributed by atoms with Crippen molar-refractivity contribution in [3.63, 3.8) is 0 Å². The van der Waals surface area contributed by atoms with Crippen LogP contribution in [0, 0.1) is 0 Å². The van der Waals surface area contributed by atoms with Gasteiger partial charge in [-0.3, -0.25) is 4.79 Å². The third-order valence-corrected chi connectivity index (χ3v) is 3.42. The van der Waals surface area contributed by atoms with Crippen molar-refractivity contribution in [1.82, 2.24) is 0 Å². The maximum absolute atomic E-state index is 10.9. The molecule has 0 bridgehead atoms. The summed E-state index contributed by atoms with van der Waals surface area (Å²) in [5.74, 6) is -0.313. The minimum absolute atomic E-state index is 0.0845. The zero-order valence-corrected chi connectivity index (χ0v) is 10.1. The highest BCUT2D eigenvalue weighted by atomic mass is 16.7. The Bertz CT molecular complexity index is 341. The first kappa shape index (κ1) is 11.5. The molecule has 1 amide bonds. The van der Waals surface area contributed by atoms with Crippen LogP contribution >= 0.6 is 0 Å². The van der Waals surface area contributed by atoms with Crippen molar-refractivity contribution in [3.05, 3.63) is 12.2 Å². The number of amides is 1. The molecular formula is C11H16BNO3. The van der Waals surface area contributed by atoms with E-state index in [4.69, 9.17) is 9.31 Å². The number of hydrogen-bond donors (Lipinski definition) is 0. The van der Waals surface area contributed by atoms with Crippen LogP contribution in [0.3, 0.4) is 0 Å². The number of hydrogen-bond acceptors (Lipinski definition) is 3. The Morgan fingerprint density at radius 3 is 2.25 bits per heavy atom. The fourth-order valence-corrected chi connectivity index (χ4v) is 1.65. The maximum Gasteiger partial charge on any atom is 0.470 e. The van der Waals surface area contributed by atoms with Gasteiger partial charge in [0.05, 0.1) is 11.2 Å². The summed E-state index contributed by atoms with van der Waals surface area (Å²) in [5, 5.41) is 0. The van der Waals surface area contributed by atoms with Crippen molar-refractivity contribution >= 4 is 19.2 Å². The van der Waals surface area contributed by atoms with Gasteiger partial charge in [-0.15, -0.1) is 0 Å². The van der Waals surface area contributed by atoms with Crippen LogP contribution in [-0.4, -0.2) is 30.4 Å². The van der Waals surface area contributed by atoms with Crippen molar-refractivity contribution < 1.29 is 14.1 Å². The minimum atomic E-state index is -0.363. The zero-order chi connectivity index (χ0) is 12.0. The van der Waals surface area contributed by atoms with E-state index in [1.165, 1.54) is 6.08 Å². The Hall–Kier alpha value is -0.935. The predicted octanol–water partition coefficient (Wildman–Crippen LogP) is 1.62. The van der Waals surface area contributed by atoms with Crippen LogP contribution in [0.15, 0.2) is 17.1 Å². The lowest BCUT2D eigenvalue weighted by atomic mass is 9.72. The molecule has 1 fully saturated rings. The molecule has 0 aromatic carbocycles. The standard InChI is InChI=1S/C11H16BNO3/c1-10(2)11(3,4)16-12(15-10)8-5-6-9(14)13-7-8/h5-8H,1-4H3. The van der Waals surface area contributed by atoms with Gasteiger partial charge in [0.1, 0.15) is 0 Å². The topological polar surface area (TPSA) is 47.9 Å². The molecule has 1 unspecified atom stereocenters. The summed E-state index contributed by atoms with van der Waals surface area (Å²) in [6, 6.07) is 0. The predicted molar refractivity (Wildman–Crippen MR) is 62.5 cm³/mol. The Balaban J connectivity index is 2.13. The van der Waals surface area contributed by atoms with Gasteiger partial charge in [-0.25, -0.2) is 4.99 Å². The number of allylic oxidation sites excluding steroid dienone is 1. The van der Waals surface area contributed by atoms with Crippen molar-refractivity contribution in [3.8, 4) is 0 Å². The van der Waals surface area contributed by atoms with E-state index in [2.05, 4.69) is 4.99 Å². The number of carbonyl (C=O) groups is 1. The molecule has 0 N–H and O–H groups in total. The van der Waals surface area contributed by atoms with E-state index >= 15 is 0 Å². The van der Waals surface area contributed by atoms with Crippen LogP contribution in [-0.2, 0) is 14.1 Å². The molecule has 2 aliphatic heterocycles. The van der Waals surface area contributed by atoms with E-state index in [0.29, 0.717) is 0 Å². The van der Waals surface area contributed by atoms with Gasteiger partial charge in [0.15, 0.2) is 0 Å². The van der Waals surface area contributed by atoms with Gasteiger partial charge in [-0.2, -0.15) is 0 Å². The molecular weight excluding hydrogens is 205 g/mol. The molecule has 0 aliphatic carbocycles. The highest BCUT2D eigenvalue weighted by molar-refractivity contribution is 6.53. The van der Waals surface area contributed by atoms with E-state index in [0.717, 1.165) is 0 Å². The summed E-state index contributed by atoms with van der Waals surface area (Å²) in [6.07, 6.45) is 4.82. The molecule has 0 aromatic rings. The Morgan fingerprint density at radius 1 is 1.25 bits per heavy atom. The minimum Gasteiger partial charge on any atom is -0.403 e. The SMILES string of the molecule is CC1(C)OB(C2C=CC(=O)N=C2)OC1(C)C. The number of dihydropyridines is 1. The van der Waals surface area contributed by atoms with Crippen LogP contribution in [0.5, 0.6) is 0 Å². The van der Waals surface area contributed by atoms with Gasteiger partial charge < -0.3 is 9.31 Å². The van der Waals surface area contributed by atoms with Gasteiger partial charge in [0, 0.05) is 18.1 Å². The van der Waals surface area contributed by atoms with Gasteiger partial charge in [-0.05, 0) is 27.7 Å². The van der Waals surface area contributed by atoms with Gasteiger partial charge in [0.2, 0.25) is 0 Å². The highest BCUT2D eigenvalue weighted by Crippen LogP contribution is 2.40. The first-order valence-corrected chi connectivity index (χ1v) is 5.44. The van der Waals surface area contributed by atoms with Gasteiger partial charge in [0.25, 0.3) is 5.91 Å². The molecule has 1 atom stereocenters. The van der Waals surface area contributed by atoms with Crippen molar-refractivity contribution in [2.24, 2.45) is 4.99 Å². The third-order valence-electron chi connectivity index (χ3n) is 3.42. The van der Waals surface area contributed by atoms with Crippen molar-refractivity contribution in [2.75, 3.05) is 0 Å². The fourth-order valence-electron chi connectivity index (χ4n) is 1.65. The van der Waals surface area contributed by atoms with Gasteiger partial charge in [-0.1, -0.05) is 6.08 Å². The molecule has 0 radical (unpaired) electrons. The number of nitrogens with zero attached hydrogens (tertiary/aromatic N) is 1. The Kier molecular flexibility index (Phi) is 2.55. The Morgan fingerprint density at radius 2 is 1.81 bits per heavy atom. The second kappa shape index (κ2) is 3.53. The van der Waals surface area contributed by atoms with E-state index in [1.807, 2.05) is 27.7 Å². The Labute approximate surface area is 95.9 Å². The molecule has 4 nitrogen and oxygen atoms in total. The molecule has 16 heavy (non-hydrogen) atoms.